The fraction of sp³-hybridized carbons (Fsp3) is 0.263. The third kappa shape index (κ3) is 5.28. The van der Waals surface area contributed by atoms with E-state index in [1.807, 2.05) is 6.92 Å². The minimum Gasteiger partial charge on any atom is -0.239 e. The van der Waals surface area contributed by atoms with Crippen molar-refractivity contribution in [2.45, 2.75) is 42.9 Å². The van der Waals surface area contributed by atoms with Crippen LogP contribution in [0.25, 0.3) is 0 Å². The number of hydrogen-bond acceptors (Lipinski definition) is 3. The van der Waals surface area contributed by atoms with Crippen molar-refractivity contribution in [3.63, 3.8) is 0 Å². The number of unbranched alkanes of at least 4 members (excludes halogenated alkanes) is 2. The SMILES string of the molecule is CCCC/C=C/S(=O)(=NS(=O)(=O)c1ccc(C)cc1)c1ccccc1. The second-order valence-corrected chi connectivity index (χ2v) is 9.66. The summed E-state index contributed by atoms with van der Waals surface area (Å²) in [6.07, 6.45) is 4.45. The lowest BCUT2D eigenvalue weighted by Gasteiger charge is -2.07. The van der Waals surface area contributed by atoms with Gasteiger partial charge in [0.1, 0.15) is 9.73 Å². The van der Waals surface area contributed by atoms with Gasteiger partial charge in [-0.2, -0.15) is 8.42 Å². The van der Waals surface area contributed by atoms with Crippen molar-refractivity contribution in [1.82, 2.24) is 0 Å². The minimum atomic E-state index is -4.03. The highest BCUT2D eigenvalue weighted by Crippen LogP contribution is 2.22. The van der Waals surface area contributed by atoms with Crippen LogP contribution >= 0.6 is 0 Å². The summed E-state index contributed by atoms with van der Waals surface area (Å²) in [5.41, 5.74) is 0.946. The van der Waals surface area contributed by atoms with Gasteiger partial charge in [-0.05, 0) is 37.6 Å². The first-order chi connectivity index (χ1) is 11.9. The second kappa shape index (κ2) is 8.45. The van der Waals surface area contributed by atoms with Crippen LogP contribution in [-0.2, 0) is 19.8 Å². The van der Waals surface area contributed by atoms with E-state index in [1.54, 1.807) is 48.5 Å². The number of nitrogens with zero attached hydrogens (tertiary/aromatic N) is 1. The predicted octanol–water partition coefficient (Wildman–Crippen LogP) is 4.91. The topological polar surface area (TPSA) is 63.6 Å². The van der Waals surface area contributed by atoms with Gasteiger partial charge in [0.15, 0.2) is 0 Å². The summed E-state index contributed by atoms with van der Waals surface area (Å²) in [7, 11) is -7.23. The average Bonchev–Trinajstić information content (AvgIpc) is 2.59. The second-order valence-electron chi connectivity index (χ2n) is 5.76. The lowest BCUT2D eigenvalue weighted by Crippen LogP contribution is -2.04. The number of aryl methyl sites for hydroxylation is 1. The Morgan fingerprint density at radius 1 is 0.920 bits per heavy atom. The van der Waals surface area contributed by atoms with Gasteiger partial charge in [-0.25, -0.2) is 4.21 Å². The Kier molecular flexibility index (Phi) is 6.56. The van der Waals surface area contributed by atoms with Crippen LogP contribution in [0.3, 0.4) is 0 Å². The Bertz CT molecular complexity index is 938. The molecule has 0 amide bonds. The lowest BCUT2D eigenvalue weighted by atomic mass is 10.2. The van der Waals surface area contributed by atoms with Gasteiger partial charge < -0.3 is 0 Å². The van der Waals surface area contributed by atoms with Crippen molar-refractivity contribution in [2.24, 2.45) is 3.77 Å². The van der Waals surface area contributed by atoms with Crippen molar-refractivity contribution < 1.29 is 12.6 Å². The molecule has 0 N–H and O–H groups in total. The fourth-order valence-corrected chi connectivity index (χ4v) is 5.82. The summed E-state index contributed by atoms with van der Waals surface area (Å²) in [4.78, 5) is 0.433. The van der Waals surface area contributed by atoms with Crippen LogP contribution in [0.1, 0.15) is 31.7 Å². The summed E-state index contributed by atoms with van der Waals surface area (Å²) in [6.45, 7) is 3.94. The zero-order chi connectivity index (χ0) is 18.3. The van der Waals surface area contributed by atoms with E-state index < -0.39 is 19.8 Å². The number of allylic oxidation sites excluding steroid dienone is 1. The monoisotopic (exact) mass is 377 g/mol. The summed E-state index contributed by atoms with van der Waals surface area (Å²) >= 11 is 0. The standard InChI is InChI=1S/C19H23NO3S2/c1-3-4-5-9-16-24(21,18-10-7-6-8-11-18)20-25(22,23)19-14-12-17(2)13-15-19/h6-16H,3-5H2,1-2H3/b16-9+. The molecule has 4 nitrogen and oxygen atoms in total. The smallest absolute Gasteiger partial charge is 0.239 e. The molecule has 0 fully saturated rings. The van der Waals surface area contributed by atoms with Gasteiger partial charge in [0.05, 0.1) is 9.79 Å². The van der Waals surface area contributed by atoms with Crippen LogP contribution in [0.2, 0.25) is 0 Å². The van der Waals surface area contributed by atoms with Gasteiger partial charge in [-0.15, -0.1) is 0 Å². The quantitative estimate of drug-likeness (QED) is 0.644. The van der Waals surface area contributed by atoms with Crippen LogP contribution in [0.5, 0.6) is 0 Å². The van der Waals surface area contributed by atoms with Gasteiger partial charge in [0.2, 0.25) is 0 Å². The first-order valence-electron chi connectivity index (χ1n) is 8.19. The van der Waals surface area contributed by atoms with E-state index in [0.29, 0.717) is 4.90 Å². The van der Waals surface area contributed by atoms with Crippen LogP contribution < -0.4 is 0 Å². The molecule has 2 aromatic carbocycles. The molecule has 2 aromatic rings. The molecular formula is C19H23NO3S2. The highest BCUT2D eigenvalue weighted by Gasteiger charge is 2.18. The number of hydrogen-bond donors (Lipinski definition) is 0. The maximum atomic E-state index is 13.4. The Labute approximate surface area is 150 Å². The molecular weight excluding hydrogens is 354 g/mol. The molecule has 1 unspecified atom stereocenters. The van der Waals surface area contributed by atoms with Crippen molar-refractivity contribution in [2.75, 3.05) is 0 Å². The predicted molar refractivity (Wildman–Crippen MR) is 102 cm³/mol. The normalized spacial score (nSPS) is 14.3. The van der Waals surface area contributed by atoms with E-state index in [-0.39, 0.29) is 4.90 Å². The molecule has 0 saturated heterocycles. The van der Waals surface area contributed by atoms with Crippen molar-refractivity contribution >= 4 is 19.8 Å². The summed E-state index contributed by atoms with van der Waals surface area (Å²) in [5.74, 6) is 0. The first-order valence-corrected chi connectivity index (χ1v) is 11.2. The number of rotatable bonds is 7. The van der Waals surface area contributed by atoms with Crippen LogP contribution in [0.4, 0.5) is 0 Å². The van der Waals surface area contributed by atoms with Crippen molar-refractivity contribution in [1.29, 1.82) is 0 Å². The molecule has 6 heteroatoms. The van der Waals surface area contributed by atoms with Gasteiger partial charge in [0, 0.05) is 5.41 Å². The summed E-state index contributed by atoms with van der Waals surface area (Å²) in [6, 6.07) is 14.9. The van der Waals surface area contributed by atoms with Crippen LogP contribution in [0.15, 0.2) is 79.6 Å². The Balaban J connectivity index is 2.54. The molecule has 0 aliphatic heterocycles. The first kappa shape index (κ1) is 19.4. The Hall–Kier alpha value is -1.92. The molecule has 1 atom stereocenters. The van der Waals surface area contributed by atoms with Crippen LogP contribution in [0, 0.1) is 6.92 Å². The average molecular weight is 378 g/mol. The third-order valence-corrected chi connectivity index (χ3v) is 7.66. The van der Waals surface area contributed by atoms with Gasteiger partial charge >= 0.3 is 0 Å². The molecule has 25 heavy (non-hydrogen) atoms. The Morgan fingerprint density at radius 2 is 1.56 bits per heavy atom. The minimum absolute atomic E-state index is 0.0451. The molecule has 0 bridgehead atoms. The molecule has 0 aliphatic carbocycles. The van der Waals surface area contributed by atoms with E-state index >= 15 is 0 Å². The fourth-order valence-electron chi connectivity index (χ4n) is 2.18. The van der Waals surface area contributed by atoms with E-state index in [9.17, 15) is 12.6 Å². The molecule has 134 valence electrons. The zero-order valence-electron chi connectivity index (χ0n) is 14.5. The largest absolute Gasteiger partial charge is 0.290 e. The summed E-state index contributed by atoms with van der Waals surface area (Å²) in [5, 5.41) is 1.43. The molecule has 0 aromatic heterocycles. The molecule has 0 saturated carbocycles. The van der Waals surface area contributed by atoms with Crippen LogP contribution in [-0.4, -0.2) is 12.6 Å². The highest BCUT2D eigenvalue weighted by atomic mass is 32.3. The molecule has 2 rings (SSSR count). The van der Waals surface area contributed by atoms with Crippen molar-refractivity contribution in [3.8, 4) is 0 Å². The van der Waals surface area contributed by atoms with E-state index in [0.717, 1.165) is 24.8 Å². The van der Waals surface area contributed by atoms with E-state index in [4.69, 9.17) is 0 Å². The zero-order valence-corrected chi connectivity index (χ0v) is 16.1. The third-order valence-electron chi connectivity index (χ3n) is 3.61. The maximum absolute atomic E-state index is 13.4. The highest BCUT2D eigenvalue weighted by molar-refractivity contribution is 8.05. The number of benzene rings is 2. The molecule has 0 heterocycles. The van der Waals surface area contributed by atoms with Crippen molar-refractivity contribution in [3.05, 3.63) is 71.6 Å². The van der Waals surface area contributed by atoms with E-state index in [2.05, 4.69) is 10.7 Å². The van der Waals surface area contributed by atoms with Gasteiger partial charge in [0.25, 0.3) is 10.0 Å². The Morgan fingerprint density at radius 3 is 2.16 bits per heavy atom. The molecule has 0 radical (unpaired) electrons. The van der Waals surface area contributed by atoms with Gasteiger partial charge in [-0.3, -0.25) is 0 Å². The number of sulfonamides is 1. The van der Waals surface area contributed by atoms with Gasteiger partial charge in [-0.1, -0.05) is 65.5 Å². The summed E-state index contributed by atoms with van der Waals surface area (Å²) < 4.78 is 42.5. The molecule has 0 aliphatic rings. The van der Waals surface area contributed by atoms with E-state index in [1.165, 1.54) is 17.5 Å². The lowest BCUT2D eigenvalue weighted by molar-refractivity contribution is 0.598. The maximum Gasteiger partial charge on any atom is 0.290 e. The molecule has 0 spiro atoms.